The predicted molar refractivity (Wildman–Crippen MR) is 74.9 cm³/mol. The molecular formula is C12H21N7. The molecule has 0 aromatic carbocycles. The highest BCUT2D eigenvalue weighted by molar-refractivity contribution is 5.44. The van der Waals surface area contributed by atoms with Crippen LogP contribution in [0.1, 0.15) is 32.6 Å². The molecule has 2 fully saturated rings. The van der Waals surface area contributed by atoms with Gasteiger partial charge < -0.3 is 10.2 Å². The first kappa shape index (κ1) is 12.4. The Morgan fingerprint density at radius 2 is 1.84 bits per heavy atom. The Morgan fingerprint density at radius 1 is 1.16 bits per heavy atom. The van der Waals surface area contributed by atoms with Gasteiger partial charge in [0.2, 0.25) is 17.8 Å². The third kappa shape index (κ3) is 2.86. The molecular weight excluding hydrogens is 242 g/mol. The van der Waals surface area contributed by atoms with E-state index in [0.29, 0.717) is 23.3 Å². The molecule has 0 radical (unpaired) electrons. The van der Waals surface area contributed by atoms with Crippen LogP contribution in [-0.4, -0.2) is 34.6 Å². The van der Waals surface area contributed by atoms with Crippen molar-refractivity contribution < 1.29 is 0 Å². The first-order valence-electron chi connectivity index (χ1n) is 6.90. The summed E-state index contributed by atoms with van der Waals surface area (Å²) in [5.41, 5.74) is 2.93. The summed E-state index contributed by atoms with van der Waals surface area (Å²) >= 11 is 0. The molecule has 4 N–H and O–H groups in total. The molecule has 19 heavy (non-hydrogen) atoms. The van der Waals surface area contributed by atoms with Crippen LogP contribution in [0.25, 0.3) is 0 Å². The van der Waals surface area contributed by atoms with Gasteiger partial charge in [0.05, 0.1) is 0 Å². The highest BCUT2D eigenvalue weighted by Crippen LogP contribution is 2.44. The van der Waals surface area contributed by atoms with Crippen molar-refractivity contribution >= 4 is 17.8 Å². The lowest BCUT2D eigenvalue weighted by atomic mass is 10.1. The first-order valence-corrected chi connectivity index (χ1v) is 6.90. The third-order valence-electron chi connectivity index (χ3n) is 3.92. The minimum Gasteiger partial charge on any atom is -0.353 e. The third-order valence-corrected chi connectivity index (χ3v) is 3.92. The van der Waals surface area contributed by atoms with Crippen molar-refractivity contribution in [2.24, 2.45) is 11.3 Å². The largest absolute Gasteiger partial charge is 0.353 e. The van der Waals surface area contributed by atoms with Crippen LogP contribution in [0, 0.1) is 5.41 Å². The highest BCUT2D eigenvalue weighted by atomic mass is 15.4. The Labute approximate surface area is 113 Å². The van der Waals surface area contributed by atoms with E-state index < -0.39 is 0 Å². The normalized spacial score (nSPS) is 20.4. The van der Waals surface area contributed by atoms with Gasteiger partial charge in [-0.1, -0.05) is 6.92 Å². The van der Waals surface area contributed by atoms with Gasteiger partial charge in [0.15, 0.2) is 0 Å². The summed E-state index contributed by atoms with van der Waals surface area (Å²) in [6.45, 7) is 5.18. The zero-order valence-electron chi connectivity index (χ0n) is 11.3. The highest BCUT2D eigenvalue weighted by Gasteiger charge is 2.37. The Hall–Kier alpha value is -1.63. The van der Waals surface area contributed by atoms with E-state index in [1.807, 2.05) is 0 Å². The molecule has 2 aliphatic rings. The van der Waals surface area contributed by atoms with Crippen LogP contribution in [0.5, 0.6) is 0 Å². The molecule has 3 rings (SSSR count). The number of hydrogen-bond acceptors (Lipinski definition) is 7. The number of nitrogens with one attached hydrogen (secondary N) is 2. The minimum absolute atomic E-state index is 0.413. The fraction of sp³-hybridized carbons (Fsp3) is 0.750. The van der Waals surface area contributed by atoms with Crippen molar-refractivity contribution in [3.63, 3.8) is 0 Å². The van der Waals surface area contributed by atoms with Crippen LogP contribution in [0.4, 0.5) is 17.8 Å². The summed E-state index contributed by atoms with van der Waals surface area (Å²) in [5, 5.41) is 3.30. The fourth-order valence-corrected chi connectivity index (χ4v) is 2.25. The lowest BCUT2D eigenvalue weighted by Crippen LogP contribution is -2.24. The molecule has 1 saturated carbocycles. The SMILES string of the molecule is CC1(CNc2nc(NN)nc(N3CCCC3)n2)CC1. The van der Waals surface area contributed by atoms with Crippen LogP contribution in [0.2, 0.25) is 0 Å². The maximum absolute atomic E-state index is 5.43. The molecule has 0 amide bonds. The molecule has 104 valence electrons. The number of nitrogens with two attached hydrogens (primary N) is 1. The number of rotatable bonds is 5. The lowest BCUT2D eigenvalue weighted by Gasteiger charge is -2.17. The molecule has 7 heteroatoms. The number of hydrazine groups is 1. The van der Waals surface area contributed by atoms with E-state index in [4.69, 9.17) is 5.84 Å². The molecule has 1 aromatic heterocycles. The van der Waals surface area contributed by atoms with Crippen LogP contribution in [0.15, 0.2) is 0 Å². The van der Waals surface area contributed by atoms with Crippen molar-refractivity contribution in [3.8, 4) is 0 Å². The summed E-state index contributed by atoms with van der Waals surface area (Å²) in [6.07, 6.45) is 4.92. The number of nitrogens with zero attached hydrogens (tertiary/aromatic N) is 4. The molecule has 1 saturated heterocycles. The molecule has 1 aromatic rings. The van der Waals surface area contributed by atoms with E-state index in [0.717, 1.165) is 19.6 Å². The van der Waals surface area contributed by atoms with Gasteiger partial charge >= 0.3 is 0 Å². The summed E-state index contributed by atoms with van der Waals surface area (Å²) in [7, 11) is 0. The quantitative estimate of drug-likeness (QED) is 0.538. The summed E-state index contributed by atoms with van der Waals surface area (Å²) in [5.74, 6) is 7.17. The van der Waals surface area contributed by atoms with Gasteiger partial charge in [0.1, 0.15) is 0 Å². The van der Waals surface area contributed by atoms with Crippen LogP contribution < -0.4 is 21.5 Å². The van der Waals surface area contributed by atoms with Crippen LogP contribution >= 0.6 is 0 Å². The van der Waals surface area contributed by atoms with Crippen molar-refractivity contribution in [3.05, 3.63) is 0 Å². The van der Waals surface area contributed by atoms with Crippen molar-refractivity contribution in [2.75, 3.05) is 35.3 Å². The van der Waals surface area contributed by atoms with Crippen molar-refractivity contribution in [1.82, 2.24) is 15.0 Å². The maximum Gasteiger partial charge on any atom is 0.243 e. The molecule has 0 atom stereocenters. The van der Waals surface area contributed by atoms with Gasteiger partial charge in [0.25, 0.3) is 0 Å². The summed E-state index contributed by atoms with van der Waals surface area (Å²) in [4.78, 5) is 15.2. The smallest absolute Gasteiger partial charge is 0.243 e. The Balaban J connectivity index is 1.75. The standard InChI is InChI=1S/C12H21N7/c1-12(4-5-12)8-14-9-15-10(18-13)17-11(16-9)19-6-2-3-7-19/h2-8,13H2,1H3,(H2,14,15,16,17,18). The van der Waals surface area contributed by atoms with Crippen molar-refractivity contribution in [2.45, 2.75) is 32.6 Å². The molecule has 7 nitrogen and oxygen atoms in total. The Bertz CT molecular complexity index is 451. The van der Waals surface area contributed by atoms with Gasteiger partial charge in [0, 0.05) is 19.6 Å². The predicted octanol–water partition coefficient (Wildman–Crippen LogP) is 0.969. The summed E-state index contributed by atoms with van der Waals surface area (Å²) < 4.78 is 0. The number of nitrogen functional groups attached to an aromatic ring is 1. The Morgan fingerprint density at radius 3 is 2.47 bits per heavy atom. The average Bonchev–Trinajstić information content (AvgIpc) is 2.95. The minimum atomic E-state index is 0.413. The van der Waals surface area contributed by atoms with E-state index in [2.05, 4.69) is 37.5 Å². The second-order valence-corrected chi connectivity index (χ2v) is 5.79. The molecule has 2 heterocycles. The van der Waals surface area contributed by atoms with Crippen LogP contribution in [0.3, 0.4) is 0 Å². The topological polar surface area (TPSA) is 92.0 Å². The number of anilines is 3. The zero-order chi connectivity index (χ0) is 13.3. The summed E-state index contributed by atoms with van der Waals surface area (Å²) in [6, 6.07) is 0. The second-order valence-electron chi connectivity index (χ2n) is 5.79. The molecule has 0 unspecified atom stereocenters. The Kier molecular flexibility index (Phi) is 3.14. The van der Waals surface area contributed by atoms with Gasteiger partial charge in [-0.15, -0.1) is 0 Å². The molecule has 0 spiro atoms. The number of hydrogen-bond donors (Lipinski definition) is 3. The van der Waals surface area contributed by atoms with Gasteiger partial charge in [-0.3, -0.25) is 5.43 Å². The fourth-order valence-electron chi connectivity index (χ4n) is 2.25. The monoisotopic (exact) mass is 263 g/mol. The molecule has 0 bridgehead atoms. The van der Waals surface area contributed by atoms with E-state index >= 15 is 0 Å². The first-order chi connectivity index (χ1) is 9.18. The van der Waals surface area contributed by atoms with E-state index in [-0.39, 0.29) is 0 Å². The molecule has 1 aliphatic heterocycles. The zero-order valence-corrected chi connectivity index (χ0v) is 11.3. The van der Waals surface area contributed by atoms with E-state index in [1.54, 1.807) is 0 Å². The maximum atomic E-state index is 5.43. The second kappa shape index (κ2) is 4.80. The van der Waals surface area contributed by atoms with Gasteiger partial charge in [-0.25, -0.2) is 5.84 Å². The number of aromatic nitrogens is 3. The van der Waals surface area contributed by atoms with Crippen LogP contribution in [-0.2, 0) is 0 Å². The van der Waals surface area contributed by atoms with Crippen molar-refractivity contribution in [1.29, 1.82) is 0 Å². The van der Waals surface area contributed by atoms with E-state index in [9.17, 15) is 0 Å². The molecule has 1 aliphatic carbocycles. The lowest BCUT2D eigenvalue weighted by molar-refractivity contribution is 0.607. The van der Waals surface area contributed by atoms with E-state index in [1.165, 1.54) is 25.7 Å². The average molecular weight is 263 g/mol. The van der Waals surface area contributed by atoms with Gasteiger partial charge in [-0.05, 0) is 31.1 Å². The van der Waals surface area contributed by atoms with Gasteiger partial charge in [-0.2, -0.15) is 15.0 Å².